The fraction of sp³-hybridized carbons (Fsp3) is 0.458. The Balaban J connectivity index is 1.49. The van der Waals surface area contributed by atoms with E-state index in [1.165, 1.54) is 18.4 Å². The zero-order valence-electron chi connectivity index (χ0n) is 17.1. The van der Waals surface area contributed by atoms with Crippen LogP contribution in [0.5, 0.6) is 11.5 Å². The van der Waals surface area contributed by atoms with Gasteiger partial charge in [0, 0.05) is 24.1 Å². The summed E-state index contributed by atoms with van der Waals surface area (Å²) < 4.78 is 10.7. The minimum Gasteiger partial charge on any atom is -0.497 e. The van der Waals surface area contributed by atoms with E-state index in [4.69, 9.17) is 9.47 Å². The predicted molar refractivity (Wildman–Crippen MR) is 112 cm³/mol. The number of benzene rings is 2. The molecule has 0 aromatic heterocycles. The van der Waals surface area contributed by atoms with Crippen LogP contribution in [0.1, 0.15) is 34.7 Å². The molecule has 0 N–H and O–H groups in total. The standard InChI is InChI=1S/C24H28N2O3/c1-28-19-8-6-16(7-9-19)21-15-26(22-17-10-12-25(13-11-17)23(21)22)24(27)18-4-3-5-20(14-18)29-2/h3-9,14,17,21-23H,10-13,15H2,1-2H3/t21-,22+,23+/m0/s1. The summed E-state index contributed by atoms with van der Waals surface area (Å²) in [6, 6.07) is 16.7. The number of carbonyl (C=O) groups is 1. The van der Waals surface area contributed by atoms with Gasteiger partial charge in [0.2, 0.25) is 0 Å². The van der Waals surface area contributed by atoms with Crippen molar-refractivity contribution in [1.29, 1.82) is 0 Å². The Morgan fingerprint density at radius 3 is 2.34 bits per heavy atom. The third-order valence-electron chi connectivity index (χ3n) is 7.12. The molecule has 29 heavy (non-hydrogen) atoms. The number of ether oxygens (including phenoxy) is 2. The molecule has 4 aliphatic rings. The van der Waals surface area contributed by atoms with Gasteiger partial charge in [-0.05, 0) is 67.7 Å². The van der Waals surface area contributed by atoms with Gasteiger partial charge in [-0.15, -0.1) is 0 Å². The van der Waals surface area contributed by atoms with Gasteiger partial charge in [-0.3, -0.25) is 9.69 Å². The zero-order valence-corrected chi connectivity index (χ0v) is 17.1. The Kier molecular flexibility index (Phi) is 4.70. The van der Waals surface area contributed by atoms with Gasteiger partial charge < -0.3 is 14.4 Å². The van der Waals surface area contributed by atoms with E-state index in [1.807, 2.05) is 36.4 Å². The average Bonchev–Trinajstić information content (AvgIpc) is 3.22. The molecule has 6 rings (SSSR count). The van der Waals surface area contributed by atoms with Crippen molar-refractivity contribution in [1.82, 2.24) is 9.80 Å². The van der Waals surface area contributed by atoms with Crippen LogP contribution in [0.4, 0.5) is 0 Å². The Labute approximate surface area is 172 Å². The first-order chi connectivity index (χ1) is 14.2. The smallest absolute Gasteiger partial charge is 0.254 e. The number of nitrogens with zero attached hydrogens (tertiary/aromatic N) is 2. The van der Waals surface area contributed by atoms with Crippen molar-refractivity contribution in [2.45, 2.75) is 30.8 Å². The second kappa shape index (κ2) is 7.38. The number of hydrogen-bond donors (Lipinski definition) is 0. The lowest BCUT2D eigenvalue weighted by atomic mass is 9.75. The SMILES string of the molecule is COc1ccc([C@@H]2CN(C(=O)c3cccc(OC)c3)[C@@H]3C4CCN(CC4)[C@@H]32)cc1. The highest BCUT2D eigenvalue weighted by Crippen LogP contribution is 2.47. The quantitative estimate of drug-likeness (QED) is 0.800. The molecule has 3 atom stereocenters. The molecule has 0 aliphatic carbocycles. The monoisotopic (exact) mass is 392 g/mol. The van der Waals surface area contributed by atoms with Crippen molar-refractivity contribution in [2.75, 3.05) is 33.9 Å². The van der Waals surface area contributed by atoms with Gasteiger partial charge in [0.15, 0.2) is 0 Å². The molecule has 4 aliphatic heterocycles. The molecule has 0 spiro atoms. The van der Waals surface area contributed by atoms with E-state index in [0.29, 0.717) is 23.9 Å². The maximum absolute atomic E-state index is 13.6. The number of rotatable bonds is 4. The molecule has 5 heteroatoms. The molecular weight excluding hydrogens is 364 g/mol. The second-order valence-corrected chi connectivity index (χ2v) is 8.42. The summed E-state index contributed by atoms with van der Waals surface area (Å²) in [4.78, 5) is 18.3. The topological polar surface area (TPSA) is 42.0 Å². The maximum atomic E-state index is 13.6. The van der Waals surface area contributed by atoms with Crippen LogP contribution in [-0.4, -0.2) is 61.6 Å². The van der Waals surface area contributed by atoms with E-state index in [9.17, 15) is 4.79 Å². The Hall–Kier alpha value is -2.53. The lowest BCUT2D eigenvalue weighted by Gasteiger charge is -2.51. The summed E-state index contributed by atoms with van der Waals surface area (Å²) >= 11 is 0. The predicted octanol–water partition coefficient (Wildman–Crippen LogP) is 3.41. The van der Waals surface area contributed by atoms with E-state index in [-0.39, 0.29) is 5.91 Å². The van der Waals surface area contributed by atoms with Crippen LogP contribution in [-0.2, 0) is 0 Å². The lowest BCUT2D eigenvalue weighted by Crippen LogP contribution is -2.60. The molecule has 4 heterocycles. The molecule has 152 valence electrons. The Bertz CT molecular complexity index is 889. The van der Waals surface area contributed by atoms with Gasteiger partial charge in [0.25, 0.3) is 5.91 Å². The molecule has 4 fully saturated rings. The molecule has 2 aromatic carbocycles. The van der Waals surface area contributed by atoms with Crippen molar-refractivity contribution in [3.63, 3.8) is 0 Å². The van der Waals surface area contributed by atoms with Crippen LogP contribution in [0.25, 0.3) is 0 Å². The van der Waals surface area contributed by atoms with Crippen LogP contribution in [0.3, 0.4) is 0 Å². The minimum atomic E-state index is 0.128. The fourth-order valence-corrected chi connectivity index (χ4v) is 5.72. The van der Waals surface area contributed by atoms with Crippen LogP contribution in [0.2, 0.25) is 0 Å². The van der Waals surface area contributed by atoms with Gasteiger partial charge in [-0.1, -0.05) is 18.2 Å². The van der Waals surface area contributed by atoms with E-state index >= 15 is 0 Å². The van der Waals surface area contributed by atoms with Gasteiger partial charge in [-0.2, -0.15) is 0 Å². The van der Waals surface area contributed by atoms with E-state index in [1.54, 1.807) is 14.2 Å². The average molecular weight is 392 g/mol. The summed E-state index contributed by atoms with van der Waals surface area (Å²) in [6.07, 6.45) is 2.39. The largest absolute Gasteiger partial charge is 0.497 e. The zero-order chi connectivity index (χ0) is 20.0. The molecule has 0 unspecified atom stereocenters. The second-order valence-electron chi connectivity index (χ2n) is 8.42. The number of methoxy groups -OCH3 is 2. The molecule has 2 bridgehead atoms. The van der Waals surface area contributed by atoms with Crippen molar-refractivity contribution in [3.05, 3.63) is 59.7 Å². The summed E-state index contributed by atoms with van der Waals surface area (Å²) in [5.74, 6) is 2.67. The summed E-state index contributed by atoms with van der Waals surface area (Å²) in [5.41, 5.74) is 2.02. The van der Waals surface area contributed by atoms with Crippen molar-refractivity contribution in [2.24, 2.45) is 5.92 Å². The van der Waals surface area contributed by atoms with Crippen LogP contribution in [0, 0.1) is 5.92 Å². The number of piperidine rings is 3. The lowest BCUT2D eigenvalue weighted by molar-refractivity contribution is -0.00341. The number of hydrogen-bond acceptors (Lipinski definition) is 4. The molecular formula is C24H28N2O3. The van der Waals surface area contributed by atoms with E-state index < -0.39 is 0 Å². The van der Waals surface area contributed by atoms with E-state index in [2.05, 4.69) is 21.9 Å². The molecule has 1 amide bonds. The summed E-state index contributed by atoms with van der Waals surface area (Å²) in [5, 5.41) is 0. The van der Waals surface area contributed by atoms with Crippen LogP contribution >= 0.6 is 0 Å². The number of amides is 1. The normalized spacial score (nSPS) is 30.1. The third-order valence-corrected chi connectivity index (χ3v) is 7.12. The van der Waals surface area contributed by atoms with Crippen molar-refractivity contribution >= 4 is 5.91 Å². The van der Waals surface area contributed by atoms with Gasteiger partial charge in [0.05, 0.1) is 20.3 Å². The number of carbonyl (C=O) groups excluding carboxylic acids is 1. The van der Waals surface area contributed by atoms with Crippen molar-refractivity contribution < 1.29 is 14.3 Å². The highest BCUT2D eigenvalue weighted by Gasteiger charge is 2.54. The molecule has 2 aromatic rings. The highest BCUT2D eigenvalue weighted by atomic mass is 16.5. The van der Waals surface area contributed by atoms with E-state index in [0.717, 1.165) is 36.7 Å². The number of likely N-dealkylation sites (tertiary alicyclic amines) is 1. The first kappa shape index (κ1) is 18.5. The first-order valence-corrected chi connectivity index (χ1v) is 10.5. The van der Waals surface area contributed by atoms with Gasteiger partial charge >= 0.3 is 0 Å². The molecule has 0 radical (unpaired) electrons. The summed E-state index contributed by atoms with van der Waals surface area (Å²) in [7, 11) is 3.34. The van der Waals surface area contributed by atoms with Gasteiger partial charge in [-0.25, -0.2) is 0 Å². The van der Waals surface area contributed by atoms with Crippen molar-refractivity contribution in [3.8, 4) is 11.5 Å². The number of fused-ring (bicyclic) bond motifs is 2. The molecule has 5 nitrogen and oxygen atoms in total. The Morgan fingerprint density at radius 2 is 1.66 bits per heavy atom. The van der Waals surface area contributed by atoms with Crippen LogP contribution < -0.4 is 9.47 Å². The Morgan fingerprint density at radius 1 is 0.931 bits per heavy atom. The van der Waals surface area contributed by atoms with Gasteiger partial charge in [0.1, 0.15) is 11.5 Å². The maximum Gasteiger partial charge on any atom is 0.254 e. The highest BCUT2D eigenvalue weighted by molar-refractivity contribution is 5.95. The summed E-state index contributed by atoms with van der Waals surface area (Å²) in [6.45, 7) is 3.07. The third kappa shape index (κ3) is 3.08. The first-order valence-electron chi connectivity index (χ1n) is 10.5. The minimum absolute atomic E-state index is 0.128. The fourth-order valence-electron chi connectivity index (χ4n) is 5.72. The molecule has 4 saturated heterocycles. The van der Waals surface area contributed by atoms with Crippen LogP contribution in [0.15, 0.2) is 48.5 Å². The molecule has 0 saturated carbocycles.